The van der Waals surface area contributed by atoms with Crippen LogP contribution in [0.5, 0.6) is 0 Å². The lowest BCUT2D eigenvalue weighted by Gasteiger charge is -2.15. The molecule has 6 nitrogen and oxygen atoms in total. The quantitative estimate of drug-likeness (QED) is 0.772. The number of rotatable bonds is 4. The van der Waals surface area contributed by atoms with Gasteiger partial charge in [0.2, 0.25) is 0 Å². The van der Waals surface area contributed by atoms with Gasteiger partial charge in [0.15, 0.2) is 0 Å². The minimum atomic E-state index is 0.136. The second-order valence-corrected chi connectivity index (χ2v) is 5.29. The summed E-state index contributed by atoms with van der Waals surface area (Å²) < 4.78 is 1.89. The van der Waals surface area contributed by atoms with Crippen molar-refractivity contribution in [3.63, 3.8) is 0 Å². The van der Waals surface area contributed by atoms with E-state index in [1.54, 1.807) is 6.33 Å². The zero-order valence-corrected chi connectivity index (χ0v) is 12.8. The molecule has 0 aromatic carbocycles. The fourth-order valence-corrected chi connectivity index (χ4v) is 2.64. The van der Waals surface area contributed by atoms with Crippen molar-refractivity contribution < 1.29 is 0 Å². The van der Waals surface area contributed by atoms with Crippen LogP contribution in [0.25, 0.3) is 11.0 Å². The van der Waals surface area contributed by atoms with Crippen molar-refractivity contribution in [2.24, 2.45) is 7.05 Å². The van der Waals surface area contributed by atoms with Crippen LogP contribution in [0.4, 0.5) is 5.82 Å². The Hall–Kier alpha value is -2.37. The maximum atomic E-state index is 4.42. The standard InChI is InChI=1S/C15H20N6/c1-5-11-6-16-14-13(11)15(18-8-17-14)20-9(2)12-7-19-21(4)10(12)3/h6-9H,5H2,1-4H3,(H2,16,17,18,20). The van der Waals surface area contributed by atoms with Crippen LogP contribution in [0.3, 0.4) is 0 Å². The van der Waals surface area contributed by atoms with Gasteiger partial charge in [-0.15, -0.1) is 0 Å². The Labute approximate surface area is 123 Å². The minimum Gasteiger partial charge on any atom is -0.363 e. The zero-order chi connectivity index (χ0) is 15.0. The van der Waals surface area contributed by atoms with Gasteiger partial charge in [-0.05, 0) is 25.8 Å². The van der Waals surface area contributed by atoms with Crippen LogP contribution >= 0.6 is 0 Å². The van der Waals surface area contributed by atoms with Crippen LogP contribution < -0.4 is 5.32 Å². The predicted octanol–water partition coefficient (Wildman–Crippen LogP) is 2.74. The Morgan fingerprint density at radius 2 is 2.19 bits per heavy atom. The lowest BCUT2D eigenvalue weighted by molar-refractivity contribution is 0.734. The smallest absolute Gasteiger partial charge is 0.143 e. The van der Waals surface area contributed by atoms with Crippen LogP contribution in [-0.4, -0.2) is 24.7 Å². The van der Waals surface area contributed by atoms with E-state index in [4.69, 9.17) is 0 Å². The molecule has 0 aliphatic rings. The summed E-state index contributed by atoms with van der Waals surface area (Å²) in [6.45, 7) is 6.33. The van der Waals surface area contributed by atoms with Crippen molar-refractivity contribution in [3.05, 3.63) is 35.5 Å². The molecular weight excluding hydrogens is 264 g/mol. The van der Waals surface area contributed by atoms with Crippen molar-refractivity contribution in [2.75, 3.05) is 5.32 Å². The average molecular weight is 284 g/mol. The van der Waals surface area contributed by atoms with E-state index >= 15 is 0 Å². The average Bonchev–Trinajstić information content (AvgIpc) is 3.04. The fourth-order valence-electron chi connectivity index (χ4n) is 2.64. The molecule has 0 bridgehead atoms. The highest BCUT2D eigenvalue weighted by atomic mass is 15.3. The summed E-state index contributed by atoms with van der Waals surface area (Å²) in [6.07, 6.45) is 6.44. The SMILES string of the molecule is CCc1c[nH]c2ncnc(NC(C)c3cnn(C)c3C)c12. The number of aryl methyl sites for hydroxylation is 2. The maximum absolute atomic E-state index is 4.42. The number of fused-ring (bicyclic) bond motifs is 1. The largest absolute Gasteiger partial charge is 0.363 e. The van der Waals surface area contributed by atoms with Gasteiger partial charge < -0.3 is 10.3 Å². The second kappa shape index (κ2) is 5.20. The van der Waals surface area contributed by atoms with E-state index in [1.807, 2.05) is 24.1 Å². The summed E-state index contributed by atoms with van der Waals surface area (Å²) in [7, 11) is 1.95. The van der Waals surface area contributed by atoms with Gasteiger partial charge in [-0.3, -0.25) is 4.68 Å². The van der Waals surface area contributed by atoms with Crippen molar-refractivity contribution in [1.29, 1.82) is 0 Å². The third kappa shape index (κ3) is 2.26. The molecule has 6 heteroatoms. The van der Waals surface area contributed by atoms with Crippen molar-refractivity contribution >= 4 is 16.9 Å². The first-order chi connectivity index (χ1) is 10.1. The van der Waals surface area contributed by atoms with E-state index in [2.05, 4.69) is 46.1 Å². The summed E-state index contributed by atoms with van der Waals surface area (Å²) in [5.74, 6) is 0.869. The van der Waals surface area contributed by atoms with Gasteiger partial charge in [0.05, 0.1) is 17.6 Å². The minimum absolute atomic E-state index is 0.136. The molecule has 0 saturated heterocycles. The Kier molecular flexibility index (Phi) is 3.37. The lowest BCUT2D eigenvalue weighted by atomic mass is 10.1. The number of nitrogens with zero attached hydrogens (tertiary/aromatic N) is 4. The topological polar surface area (TPSA) is 71.4 Å². The number of nitrogens with one attached hydrogen (secondary N) is 2. The normalized spacial score (nSPS) is 12.8. The Morgan fingerprint density at radius 1 is 1.38 bits per heavy atom. The zero-order valence-electron chi connectivity index (χ0n) is 12.8. The number of H-pyrrole nitrogens is 1. The first-order valence-electron chi connectivity index (χ1n) is 7.17. The highest BCUT2D eigenvalue weighted by molar-refractivity contribution is 5.90. The van der Waals surface area contributed by atoms with E-state index in [1.165, 1.54) is 11.1 Å². The molecule has 0 fully saturated rings. The number of hydrogen-bond acceptors (Lipinski definition) is 4. The molecule has 110 valence electrons. The highest BCUT2D eigenvalue weighted by Gasteiger charge is 2.15. The maximum Gasteiger partial charge on any atom is 0.143 e. The fraction of sp³-hybridized carbons (Fsp3) is 0.400. The molecule has 3 heterocycles. The molecule has 1 unspecified atom stereocenters. The van der Waals surface area contributed by atoms with E-state index in [0.29, 0.717) is 0 Å². The summed E-state index contributed by atoms with van der Waals surface area (Å²) in [4.78, 5) is 11.9. The number of hydrogen-bond donors (Lipinski definition) is 2. The van der Waals surface area contributed by atoms with Crippen LogP contribution in [0.15, 0.2) is 18.7 Å². The lowest BCUT2D eigenvalue weighted by Crippen LogP contribution is -2.10. The monoisotopic (exact) mass is 284 g/mol. The third-order valence-electron chi connectivity index (χ3n) is 4.03. The van der Waals surface area contributed by atoms with E-state index in [9.17, 15) is 0 Å². The molecular formula is C15H20N6. The number of aromatic amines is 1. The first kappa shape index (κ1) is 13.6. The molecule has 0 aliphatic heterocycles. The molecule has 1 atom stereocenters. The molecule has 0 saturated carbocycles. The third-order valence-corrected chi connectivity index (χ3v) is 4.03. The molecule has 0 spiro atoms. The molecule has 21 heavy (non-hydrogen) atoms. The van der Waals surface area contributed by atoms with Gasteiger partial charge in [0, 0.05) is 24.5 Å². The molecule has 0 radical (unpaired) electrons. The van der Waals surface area contributed by atoms with Gasteiger partial charge in [0.25, 0.3) is 0 Å². The van der Waals surface area contributed by atoms with E-state index in [0.717, 1.165) is 29.0 Å². The Morgan fingerprint density at radius 3 is 2.86 bits per heavy atom. The van der Waals surface area contributed by atoms with Crippen molar-refractivity contribution in [1.82, 2.24) is 24.7 Å². The molecule has 2 N–H and O–H groups in total. The van der Waals surface area contributed by atoms with E-state index < -0.39 is 0 Å². The second-order valence-electron chi connectivity index (χ2n) is 5.29. The van der Waals surface area contributed by atoms with Gasteiger partial charge >= 0.3 is 0 Å². The summed E-state index contributed by atoms with van der Waals surface area (Å²) in [5.41, 5.74) is 4.44. The van der Waals surface area contributed by atoms with Crippen LogP contribution in [-0.2, 0) is 13.5 Å². The Bertz CT molecular complexity index is 770. The van der Waals surface area contributed by atoms with Gasteiger partial charge in [-0.25, -0.2) is 9.97 Å². The predicted molar refractivity (Wildman–Crippen MR) is 83.2 cm³/mol. The van der Waals surface area contributed by atoms with Crippen LogP contribution in [0.2, 0.25) is 0 Å². The molecule has 3 aromatic heterocycles. The summed E-state index contributed by atoms with van der Waals surface area (Å²) in [6, 6.07) is 0.136. The van der Waals surface area contributed by atoms with E-state index in [-0.39, 0.29) is 6.04 Å². The van der Waals surface area contributed by atoms with Crippen LogP contribution in [0.1, 0.15) is 36.7 Å². The van der Waals surface area contributed by atoms with Crippen molar-refractivity contribution in [2.45, 2.75) is 33.2 Å². The summed E-state index contributed by atoms with van der Waals surface area (Å²) >= 11 is 0. The van der Waals surface area contributed by atoms with Gasteiger partial charge in [-0.1, -0.05) is 6.92 Å². The van der Waals surface area contributed by atoms with Gasteiger partial charge in [-0.2, -0.15) is 5.10 Å². The number of aromatic nitrogens is 5. The molecule has 3 rings (SSSR count). The summed E-state index contributed by atoms with van der Waals surface area (Å²) in [5, 5.41) is 8.87. The van der Waals surface area contributed by atoms with Crippen molar-refractivity contribution in [3.8, 4) is 0 Å². The van der Waals surface area contributed by atoms with Crippen LogP contribution in [0, 0.1) is 6.92 Å². The molecule has 3 aromatic rings. The molecule has 0 aliphatic carbocycles. The molecule has 0 amide bonds. The Balaban J connectivity index is 1.98. The first-order valence-corrected chi connectivity index (χ1v) is 7.17. The van der Waals surface area contributed by atoms with Gasteiger partial charge in [0.1, 0.15) is 17.8 Å². The highest BCUT2D eigenvalue weighted by Crippen LogP contribution is 2.27. The number of anilines is 1.